The van der Waals surface area contributed by atoms with E-state index in [9.17, 15) is 9.50 Å². The van der Waals surface area contributed by atoms with Crippen LogP contribution in [0.15, 0.2) is 18.2 Å². The lowest BCUT2D eigenvalue weighted by Gasteiger charge is -2.14. The molecule has 3 nitrogen and oxygen atoms in total. The molecule has 1 aromatic rings. The zero-order valence-corrected chi connectivity index (χ0v) is 8.25. The van der Waals surface area contributed by atoms with Gasteiger partial charge in [0, 0.05) is 12.1 Å². The van der Waals surface area contributed by atoms with Crippen molar-refractivity contribution in [3.63, 3.8) is 0 Å². The summed E-state index contributed by atoms with van der Waals surface area (Å²) in [6.45, 7) is 0.361. The van der Waals surface area contributed by atoms with Crippen LogP contribution in [0.1, 0.15) is 11.7 Å². The highest BCUT2D eigenvalue weighted by atomic mass is 19.1. The first kappa shape index (κ1) is 10.9. The van der Waals surface area contributed by atoms with Gasteiger partial charge in [0.25, 0.3) is 0 Å². The fraction of sp³-hybridized carbons (Fsp3) is 0.400. The summed E-state index contributed by atoms with van der Waals surface area (Å²) in [7, 11) is 3.21. The smallest absolute Gasteiger partial charge is 0.124 e. The topological polar surface area (TPSA) is 41.5 Å². The average molecular weight is 199 g/mol. The van der Waals surface area contributed by atoms with Crippen molar-refractivity contribution in [3.8, 4) is 5.75 Å². The van der Waals surface area contributed by atoms with Crippen LogP contribution in [0.25, 0.3) is 0 Å². The lowest BCUT2D eigenvalue weighted by atomic mass is 10.1. The molecule has 4 heteroatoms. The minimum Gasteiger partial charge on any atom is -0.496 e. The lowest BCUT2D eigenvalue weighted by molar-refractivity contribution is 0.173. The third-order valence-electron chi connectivity index (χ3n) is 1.95. The molecule has 0 amide bonds. The molecule has 0 spiro atoms. The van der Waals surface area contributed by atoms with E-state index in [1.807, 2.05) is 0 Å². The van der Waals surface area contributed by atoms with E-state index in [2.05, 4.69) is 5.32 Å². The zero-order valence-electron chi connectivity index (χ0n) is 8.25. The number of ether oxygens (including phenoxy) is 1. The number of hydrogen-bond donors (Lipinski definition) is 2. The second-order valence-corrected chi connectivity index (χ2v) is 2.96. The van der Waals surface area contributed by atoms with Crippen molar-refractivity contribution in [2.24, 2.45) is 0 Å². The van der Waals surface area contributed by atoms with Gasteiger partial charge in [-0.15, -0.1) is 0 Å². The molecule has 0 aromatic heterocycles. The van der Waals surface area contributed by atoms with Gasteiger partial charge in [-0.3, -0.25) is 0 Å². The van der Waals surface area contributed by atoms with Crippen molar-refractivity contribution in [2.75, 3.05) is 20.7 Å². The number of nitrogens with one attached hydrogen (secondary N) is 1. The Morgan fingerprint density at radius 1 is 1.57 bits per heavy atom. The molecule has 0 saturated heterocycles. The number of aliphatic hydroxyl groups is 1. The van der Waals surface area contributed by atoms with Crippen LogP contribution >= 0.6 is 0 Å². The Hall–Kier alpha value is -1.13. The van der Waals surface area contributed by atoms with Crippen molar-refractivity contribution in [1.29, 1.82) is 0 Å². The fourth-order valence-electron chi connectivity index (χ4n) is 1.27. The molecule has 78 valence electrons. The molecule has 0 radical (unpaired) electrons. The second-order valence-electron chi connectivity index (χ2n) is 2.96. The number of methoxy groups -OCH3 is 1. The van der Waals surface area contributed by atoms with Gasteiger partial charge in [-0.25, -0.2) is 4.39 Å². The number of aliphatic hydroxyl groups excluding tert-OH is 1. The first-order valence-electron chi connectivity index (χ1n) is 4.35. The van der Waals surface area contributed by atoms with Crippen LogP contribution in [-0.2, 0) is 0 Å². The normalized spacial score (nSPS) is 12.6. The van der Waals surface area contributed by atoms with Gasteiger partial charge in [0.15, 0.2) is 0 Å². The molecule has 0 aliphatic heterocycles. The summed E-state index contributed by atoms with van der Waals surface area (Å²) >= 11 is 0. The summed E-state index contributed by atoms with van der Waals surface area (Å²) in [5, 5.41) is 12.5. The Morgan fingerprint density at radius 2 is 2.29 bits per heavy atom. The van der Waals surface area contributed by atoms with Gasteiger partial charge in [-0.05, 0) is 25.2 Å². The van der Waals surface area contributed by atoms with Crippen LogP contribution in [-0.4, -0.2) is 25.8 Å². The molecule has 14 heavy (non-hydrogen) atoms. The SMILES string of the molecule is CNCC(O)c1cc(F)ccc1OC. The van der Waals surface area contributed by atoms with Gasteiger partial charge >= 0.3 is 0 Å². The van der Waals surface area contributed by atoms with Crippen LogP contribution in [0.4, 0.5) is 4.39 Å². The van der Waals surface area contributed by atoms with Crippen molar-refractivity contribution in [2.45, 2.75) is 6.10 Å². The summed E-state index contributed by atoms with van der Waals surface area (Å²) in [5.41, 5.74) is 0.460. The third kappa shape index (κ3) is 2.43. The second kappa shape index (κ2) is 4.93. The van der Waals surface area contributed by atoms with Crippen molar-refractivity contribution >= 4 is 0 Å². The zero-order chi connectivity index (χ0) is 10.6. The van der Waals surface area contributed by atoms with Crippen molar-refractivity contribution < 1.29 is 14.2 Å². The number of benzene rings is 1. The molecule has 1 rings (SSSR count). The van der Waals surface area contributed by atoms with E-state index in [4.69, 9.17) is 4.74 Å². The van der Waals surface area contributed by atoms with Crippen molar-refractivity contribution in [3.05, 3.63) is 29.6 Å². The highest BCUT2D eigenvalue weighted by molar-refractivity contribution is 5.35. The average Bonchev–Trinajstić information content (AvgIpc) is 2.18. The first-order chi connectivity index (χ1) is 6.69. The fourth-order valence-corrected chi connectivity index (χ4v) is 1.27. The van der Waals surface area contributed by atoms with Crippen LogP contribution in [0.5, 0.6) is 5.75 Å². The molecule has 0 aliphatic carbocycles. The Morgan fingerprint density at radius 3 is 2.86 bits per heavy atom. The summed E-state index contributed by atoms with van der Waals surface area (Å²) in [6, 6.07) is 4.08. The van der Waals surface area contributed by atoms with E-state index >= 15 is 0 Å². The maximum Gasteiger partial charge on any atom is 0.124 e. The maximum absolute atomic E-state index is 12.9. The monoisotopic (exact) mass is 199 g/mol. The van der Waals surface area contributed by atoms with E-state index < -0.39 is 6.10 Å². The standard InChI is InChI=1S/C10H14FNO2/c1-12-6-9(13)8-5-7(11)3-4-10(8)14-2/h3-5,9,12-13H,6H2,1-2H3. The Labute approximate surface area is 82.5 Å². The molecule has 0 heterocycles. The van der Waals surface area contributed by atoms with Crippen LogP contribution < -0.4 is 10.1 Å². The quantitative estimate of drug-likeness (QED) is 0.762. The largest absolute Gasteiger partial charge is 0.496 e. The Kier molecular flexibility index (Phi) is 3.85. The van der Waals surface area contributed by atoms with E-state index in [0.717, 1.165) is 0 Å². The summed E-state index contributed by atoms with van der Waals surface area (Å²) < 4.78 is 17.9. The molecule has 0 fully saturated rings. The number of hydrogen-bond acceptors (Lipinski definition) is 3. The van der Waals surface area contributed by atoms with Gasteiger partial charge in [0.2, 0.25) is 0 Å². The molecule has 0 aliphatic rings. The Balaban J connectivity index is 2.97. The highest BCUT2D eigenvalue weighted by Gasteiger charge is 2.13. The predicted molar refractivity (Wildman–Crippen MR) is 51.8 cm³/mol. The van der Waals surface area contributed by atoms with Gasteiger partial charge in [-0.1, -0.05) is 0 Å². The molecule has 1 aromatic carbocycles. The van der Waals surface area contributed by atoms with Crippen LogP contribution in [0, 0.1) is 5.82 Å². The molecular formula is C10H14FNO2. The maximum atomic E-state index is 12.9. The van der Waals surface area contributed by atoms with Crippen LogP contribution in [0.3, 0.4) is 0 Å². The molecule has 1 unspecified atom stereocenters. The third-order valence-corrected chi connectivity index (χ3v) is 1.95. The van der Waals surface area contributed by atoms with E-state index in [1.165, 1.54) is 25.3 Å². The predicted octanol–water partition coefficient (Wildman–Crippen LogP) is 1.09. The minimum atomic E-state index is -0.759. The van der Waals surface area contributed by atoms with Gasteiger partial charge < -0.3 is 15.2 Å². The summed E-state index contributed by atoms with van der Waals surface area (Å²) in [4.78, 5) is 0. The molecule has 1 atom stereocenters. The summed E-state index contributed by atoms with van der Waals surface area (Å²) in [6.07, 6.45) is -0.759. The lowest BCUT2D eigenvalue weighted by Crippen LogP contribution is -2.17. The van der Waals surface area contributed by atoms with Gasteiger partial charge in [-0.2, -0.15) is 0 Å². The number of likely N-dealkylation sites (N-methyl/N-ethyl adjacent to an activating group) is 1. The number of halogens is 1. The molecule has 2 N–H and O–H groups in total. The van der Waals surface area contributed by atoms with Gasteiger partial charge in [0.1, 0.15) is 11.6 Å². The van der Waals surface area contributed by atoms with E-state index in [-0.39, 0.29) is 5.82 Å². The van der Waals surface area contributed by atoms with E-state index in [1.54, 1.807) is 7.05 Å². The van der Waals surface area contributed by atoms with E-state index in [0.29, 0.717) is 17.9 Å². The van der Waals surface area contributed by atoms with Gasteiger partial charge in [0.05, 0.1) is 13.2 Å². The minimum absolute atomic E-state index is 0.361. The molecular weight excluding hydrogens is 185 g/mol. The molecule has 0 bridgehead atoms. The van der Waals surface area contributed by atoms with Crippen LogP contribution in [0.2, 0.25) is 0 Å². The number of rotatable bonds is 4. The highest BCUT2D eigenvalue weighted by Crippen LogP contribution is 2.25. The molecule has 0 saturated carbocycles. The van der Waals surface area contributed by atoms with Crippen molar-refractivity contribution in [1.82, 2.24) is 5.32 Å². The summed E-state index contributed by atoms with van der Waals surface area (Å²) in [5.74, 6) is 0.116. The first-order valence-corrected chi connectivity index (χ1v) is 4.35. The Bertz CT molecular complexity index is 304.